The molecular formula is C27H28N2O6. The molecule has 2 aromatic rings. The lowest BCUT2D eigenvalue weighted by molar-refractivity contribution is -0.140. The maximum atomic E-state index is 13.3. The highest BCUT2D eigenvalue weighted by atomic mass is 16.6. The summed E-state index contributed by atoms with van der Waals surface area (Å²) in [7, 11) is 1.51. The number of rotatable bonds is 10. The molecule has 1 aliphatic heterocycles. The third-order valence-electron chi connectivity index (χ3n) is 5.45. The molecule has 8 nitrogen and oxygen atoms in total. The van der Waals surface area contributed by atoms with E-state index in [1.54, 1.807) is 44.2 Å². The summed E-state index contributed by atoms with van der Waals surface area (Å²) in [5, 5.41) is 6.10. The van der Waals surface area contributed by atoms with Crippen molar-refractivity contribution in [2.75, 3.05) is 26.9 Å². The van der Waals surface area contributed by atoms with Gasteiger partial charge in [0.15, 0.2) is 0 Å². The second kappa shape index (κ2) is 12.4. The van der Waals surface area contributed by atoms with Crippen molar-refractivity contribution >= 4 is 23.7 Å². The summed E-state index contributed by atoms with van der Waals surface area (Å²) < 4.78 is 15.9. The van der Waals surface area contributed by atoms with Gasteiger partial charge in [-0.05, 0) is 48.4 Å². The fourth-order valence-electron chi connectivity index (χ4n) is 3.87. The Balaban J connectivity index is 1.91. The normalized spacial score (nSPS) is 15.7. The maximum absolute atomic E-state index is 13.3. The quantitative estimate of drug-likeness (QED) is 0.299. The van der Waals surface area contributed by atoms with Gasteiger partial charge in [0.05, 0.1) is 23.7 Å². The van der Waals surface area contributed by atoms with E-state index in [0.29, 0.717) is 17.0 Å². The molecule has 0 aromatic heterocycles. The van der Waals surface area contributed by atoms with Crippen molar-refractivity contribution in [3.63, 3.8) is 0 Å². The Morgan fingerprint density at radius 2 is 1.63 bits per heavy atom. The van der Waals surface area contributed by atoms with Gasteiger partial charge in [-0.25, -0.2) is 9.59 Å². The Morgan fingerprint density at radius 3 is 2.29 bits per heavy atom. The minimum absolute atomic E-state index is 0.0451. The molecule has 1 unspecified atom stereocenters. The number of carbonyl (C=O) groups is 2. The lowest BCUT2D eigenvalue weighted by atomic mass is 9.80. The molecule has 0 fully saturated rings. The first kappa shape index (κ1) is 25.6. The fraction of sp³-hybridized carbons (Fsp3) is 0.259. The van der Waals surface area contributed by atoms with Crippen LogP contribution in [0.5, 0.6) is 0 Å². The SMILES string of the molecule is COCCOC(=O)C1=C(C)NC(C)=C(C(=O)OC/C=C/c2ccccc2)C1c1cccc(N=O)c1. The molecule has 0 amide bonds. The number of esters is 2. The van der Waals surface area contributed by atoms with Gasteiger partial charge in [-0.3, -0.25) is 0 Å². The molecule has 1 N–H and O–H groups in total. The van der Waals surface area contributed by atoms with E-state index in [-0.39, 0.29) is 36.7 Å². The van der Waals surface area contributed by atoms with Gasteiger partial charge in [-0.2, -0.15) is 0 Å². The number of hydrogen-bond donors (Lipinski definition) is 1. The fourth-order valence-corrected chi connectivity index (χ4v) is 3.87. The van der Waals surface area contributed by atoms with Crippen molar-refractivity contribution in [3.05, 3.63) is 99.2 Å². The van der Waals surface area contributed by atoms with Crippen LogP contribution in [0, 0.1) is 4.91 Å². The zero-order valence-corrected chi connectivity index (χ0v) is 19.9. The first-order valence-electron chi connectivity index (χ1n) is 11.1. The molecule has 1 aliphatic rings. The van der Waals surface area contributed by atoms with E-state index in [9.17, 15) is 14.5 Å². The van der Waals surface area contributed by atoms with Gasteiger partial charge in [-0.15, -0.1) is 4.91 Å². The average molecular weight is 477 g/mol. The Kier molecular flexibility index (Phi) is 9.09. The van der Waals surface area contributed by atoms with Gasteiger partial charge >= 0.3 is 11.9 Å². The molecule has 0 saturated heterocycles. The molecule has 0 aliphatic carbocycles. The molecule has 2 aromatic carbocycles. The molecule has 35 heavy (non-hydrogen) atoms. The van der Waals surface area contributed by atoms with Gasteiger partial charge in [0.2, 0.25) is 0 Å². The molecule has 8 heteroatoms. The van der Waals surface area contributed by atoms with E-state index in [1.165, 1.54) is 7.11 Å². The minimum atomic E-state index is -0.807. The van der Waals surface area contributed by atoms with E-state index in [2.05, 4.69) is 10.5 Å². The van der Waals surface area contributed by atoms with Crippen molar-refractivity contribution in [3.8, 4) is 0 Å². The molecule has 0 spiro atoms. The summed E-state index contributed by atoms with van der Waals surface area (Å²) in [5.41, 5.74) is 3.30. The Hall–Kier alpha value is -4.04. The van der Waals surface area contributed by atoms with E-state index in [4.69, 9.17) is 14.2 Å². The van der Waals surface area contributed by atoms with Crippen LogP contribution in [-0.4, -0.2) is 38.9 Å². The number of methoxy groups -OCH3 is 1. The number of allylic oxidation sites excluding steroid dienone is 2. The first-order chi connectivity index (χ1) is 17.0. The second-order valence-corrected chi connectivity index (χ2v) is 7.86. The zero-order valence-electron chi connectivity index (χ0n) is 19.9. The highest BCUT2D eigenvalue weighted by molar-refractivity contribution is 6.00. The summed E-state index contributed by atoms with van der Waals surface area (Å²) in [4.78, 5) is 37.5. The topological polar surface area (TPSA) is 103 Å². The highest BCUT2D eigenvalue weighted by Gasteiger charge is 2.38. The van der Waals surface area contributed by atoms with Crippen molar-refractivity contribution in [2.45, 2.75) is 19.8 Å². The van der Waals surface area contributed by atoms with Crippen LogP contribution in [0.3, 0.4) is 0 Å². The Bertz CT molecular complexity index is 1170. The van der Waals surface area contributed by atoms with Gasteiger partial charge < -0.3 is 19.5 Å². The summed E-state index contributed by atoms with van der Waals surface area (Å²) in [6.45, 7) is 3.81. The molecule has 1 atom stereocenters. The van der Waals surface area contributed by atoms with Crippen LogP contribution in [0.15, 0.2) is 88.4 Å². The minimum Gasteiger partial charge on any atom is -0.460 e. The van der Waals surface area contributed by atoms with Gasteiger partial charge in [0.25, 0.3) is 0 Å². The largest absolute Gasteiger partial charge is 0.460 e. The summed E-state index contributed by atoms with van der Waals surface area (Å²) in [6, 6.07) is 16.1. The predicted molar refractivity (Wildman–Crippen MR) is 132 cm³/mol. The van der Waals surface area contributed by atoms with Crippen molar-refractivity contribution in [1.82, 2.24) is 5.32 Å². The lowest BCUT2D eigenvalue weighted by Gasteiger charge is -2.30. The molecule has 0 saturated carbocycles. The second-order valence-electron chi connectivity index (χ2n) is 7.86. The third kappa shape index (κ3) is 6.51. The number of carbonyl (C=O) groups excluding carboxylic acids is 2. The molecular weight excluding hydrogens is 448 g/mol. The summed E-state index contributed by atoms with van der Waals surface area (Å²) >= 11 is 0. The monoisotopic (exact) mass is 476 g/mol. The lowest BCUT2D eigenvalue weighted by Crippen LogP contribution is -2.32. The van der Waals surface area contributed by atoms with E-state index >= 15 is 0 Å². The number of benzene rings is 2. The van der Waals surface area contributed by atoms with E-state index < -0.39 is 17.9 Å². The number of nitroso groups, excluding NO2 is 1. The highest BCUT2D eigenvalue weighted by Crippen LogP contribution is 2.40. The number of hydrogen-bond acceptors (Lipinski definition) is 8. The van der Waals surface area contributed by atoms with E-state index in [1.807, 2.05) is 36.4 Å². The molecule has 1 heterocycles. The van der Waals surface area contributed by atoms with Crippen LogP contribution >= 0.6 is 0 Å². The Labute approximate surface area is 204 Å². The first-order valence-corrected chi connectivity index (χ1v) is 11.1. The van der Waals surface area contributed by atoms with Crippen LogP contribution in [0.25, 0.3) is 6.08 Å². The standard InChI is InChI=1S/C27H28N2O6/c1-18-23(26(30)34-14-8-11-20-9-5-4-6-10-20)25(21-12-7-13-22(17-21)29-32)24(19(2)28-18)27(31)35-16-15-33-3/h4-13,17,25,28H,14-16H2,1-3H3/b11-8+. The van der Waals surface area contributed by atoms with Gasteiger partial charge in [-0.1, -0.05) is 48.5 Å². The average Bonchev–Trinajstić information content (AvgIpc) is 2.86. The van der Waals surface area contributed by atoms with Gasteiger partial charge in [0, 0.05) is 18.5 Å². The predicted octanol–water partition coefficient (Wildman–Crippen LogP) is 4.77. The molecule has 0 bridgehead atoms. The molecule has 0 radical (unpaired) electrons. The zero-order chi connectivity index (χ0) is 25.2. The van der Waals surface area contributed by atoms with Crippen molar-refractivity contribution < 1.29 is 23.8 Å². The van der Waals surface area contributed by atoms with Crippen LogP contribution in [-0.2, 0) is 23.8 Å². The van der Waals surface area contributed by atoms with Crippen molar-refractivity contribution in [2.24, 2.45) is 5.18 Å². The number of nitrogens with zero attached hydrogens (tertiary/aromatic N) is 1. The van der Waals surface area contributed by atoms with Crippen LogP contribution < -0.4 is 5.32 Å². The van der Waals surface area contributed by atoms with Gasteiger partial charge in [0.1, 0.15) is 18.9 Å². The van der Waals surface area contributed by atoms with Crippen LogP contribution in [0.2, 0.25) is 0 Å². The van der Waals surface area contributed by atoms with Crippen LogP contribution in [0.1, 0.15) is 30.9 Å². The molecule has 3 rings (SSSR count). The summed E-state index contributed by atoms with van der Waals surface area (Å²) in [5.74, 6) is -1.99. The molecule has 182 valence electrons. The number of dihydropyridines is 1. The number of nitrogens with one attached hydrogen (secondary N) is 1. The summed E-state index contributed by atoms with van der Waals surface area (Å²) in [6.07, 6.45) is 3.60. The Morgan fingerprint density at radius 1 is 0.943 bits per heavy atom. The third-order valence-corrected chi connectivity index (χ3v) is 5.45. The maximum Gasteiger partial charge on any atom is 0.337 e. The smallest absolute Gasteiger partial charge is 0.337 e. The van der Waals surface area contributed by atoms with Crippen molar-refractivity contribution in [1.29, 1.82) is 0 Å². The number of ether oxygens (including phenoxy) is 3. The van der Waals surface area contributed by atoms with E-state index in [0.717, 1.165) is 5.56 Å². The van der Waals surface area contributed by atoms with Crippen LogP contribution in [0.4, 0.5) is 5.69 Å².